The summed E-state index contributed by atoms with van der Waals surface area (Å²) in [7, 11) is 1.59. The van der Waals surface area contributed by atoms with E-state index in [0.29, 0.717) is 24.1 Å². The van der Waals surface area contributed by atoms with Crippen molar-refractivity contribution in [2.45, 2.75) is 25.3 Å². The lowest BCUT2D eigenvalue weighted by Crippen LogP contribution is -2.51. The normalized spacial score (nSPS) is 18.1. The van der Waals surface area contributed by atoms with Crippen LogP contribution in [0.25, 0.3) is 0 Å². The highest BCUT2D eigenvalue weighted by molar-refractivity contribution is 7.80. The maximum Gasteiger partial charge on any atom is 0.254 e. The number of carbonyl (C=O) groups excluding carboxylic acids is 2. The first-order valence-electron chi connectivity index (χ1n) is 6.97. The highest BCUT2D eigenvalue weighted by Crippen LogP contribution is 2.20. The SMILES string of the molecule is CNC(=O)C1CCCCN1C(=O)c1cccc(C(N)=S)c1. The van der Waals surface area contributed by atoms with Gasteiger partial charge in [-0.25, -0.2) is 0 Å². The second kappa shape index (κ2) is 6.67. The van der Waals surface area contributed by atoms with Gasteiger partial charge in [0.2, 0.25) is 5.91 Å². The molecule has 2 rings (SSSR count). The van der Waals surface area contributed by atoms with Crippen molar-refractivity contribution in [3.63, 3.8) is 0 Å². The quantitative estimate of drug-likeness (QED) is 0.819. The van der Waals surface area contributed by atoms with Crippen molar-refractivity contribution in [3.05, 3.63) is 35.4 Å². The summed E-state index contributed by atoms with van der Waals surface area (Å²) in [6.07, 6.45) is 2.56. The Kier molecular flexibility index (Phi) is 4.90. The molecule has 0 bridgehead atoms. The summed E-state index contributed by atoms with van der Waals surface area (Å²) in [6.45, 7) is 0.591. The monoisotopic (exact) mass is 305 g/mol. The summed E-state index contributed by atoms with van der Waals surface area (Å²) in [5.74, 6) is -0.269. The van der Waals surface area contributed by atoms with Crippen LogP contribution in [-0.2, 0) is 4.79 Å². The molecule has 1 atom stereocenters. The van der Waals surface area contributed by atoms with Crippen LogP contribution in [0.5, 0.6) is 0 Å². The number of nitrogens with zero attached hydrogens (tertiary/aromatic N) is 1. The first-order valence-corrected chi connectivity index (χ1v) is 7.38. The Morgan fingerprint density at radius 3 is 2.71 bits per heavy atom. The number of hydrogen-bond donors (Lipinski definition) is 2. The zero-order valence-electron chi connectivity index (χ0n) is 12.0. The third-order valence-electron chi connectivity index (χ3n) is 3.71. The van der Waals surface area contributed by atoms with Crippen molar-refractivity contribution in [2.24, 2.45) is 5.73 Å². The van der Waals surface area contributed by atoms with E-state index in [1.54, 1.807) is 36.2 Å². The summed E-state index contributed by atoms with van der Waals surface area (Å²) in [4.78, 5) is 26.5. The molecular weight excluding hydrogens is 286 g/mol. The van der Waals surface area contributed by atoms with Crippen LogP contribution in [0.1, 0.15) is 35.2 Å². The average molecular weight is 305 g/mol. The molecule has 1 fully saturated rings. The standard InChI is InChI=1S/C15H19N3O2S/c1-17-14(19)12-7-2-3-8-18(12)15(20)11-6-4-5-10(9-11)13(16)21/h4-6,9,12H,2-3,7-8H2,1H3,(H2,16,21)(H,17,19). The number of nitrogens with two attached hydrogens (primary N) is 1. The summed E-state index contributed by atoms with van der Waals surface area (Å²) in [6, 6.07) is 6.52. The molecule has 1 aromatic carbocycles. The highest BCUT2D eigenvalue weighted by atomic mass is 32.1. The van der Waals surface area contributed by atoms with Gasteiger partial charge in [0.05, 0.1) is 0 Å². The molecule has 3 N–H and O–H groups in total. The number of rotatable bonds is 3. The molecule has 0 spiro atoms. The van der Waals surface area contributed by atoms with Crippen LogP contribution in [0.15, 0.2) is 24.3 Å². The Labute approximate surface area is 129 Å². The molecule has 0 radical (unpaired) electrons. The minimum atomic E-state index is -0.398. The molecule has 6 heteroatoms. The molecule has 21 heavy (non-hydrogen) atoms. The second-order valence-corrected chi connectivity index (χ2v) is 5.51. The lowest BCUT2D eigenvalue weighted by molar-refractivity contribution is -0.126. The van der Waals surface area contributed by atoms with Gasteiger partial charge in [-0.2, -0.15) is 0 Å². The van der Waals surface area contributed by atoms with Crippen LogP contribution in [0, 0.1) is 0 Å². The fourth-order valence-corrected chi connectivity index (χ4v) is 2.71. The molecule has 1 aromatic rings. The van der Waals surface area contributed by atoms with E-state index in [1.807, 2.05) is 0 Å². The molecule has 0 saturated carbocycles. The van der Waals surface area contributed by atoms with Crippen LogP contribution < -0.4 is 11.1 Å². The van der Waals surface area contributed by atoms with E-state index in [1.165, 1.54) is 0 Å². The number of piperidine rings is 1. The van der Waals surface area contributed by atoms with Gasteiger partial charge in [-0.1, -0.05) is 24.4 Å². The first kappa shape index (κ1) is 15.4. The Morgan fingerprint density at radius 1 is 1.33 bits per heavy atom. The molecule has 1 aliphatic heterocycles. The van der Waals surface area contributed by atoms with E-state index in [9.17, 15) is 9.59 Å². The predicted octanol–water partition coefficient (Wildman–Crippen LogP) is 1.06. The number of hydrogen-bond acceptors (Lipinski definition) is 3. The average Bonchev–Trinajstić information content (AvgIpc) is 2.53. The van der Waals surface area contributed by atoms with Crippen LogP contribution in [0.2, 0.25) is 0 Å². The second-order valence-electron chi connectivity index (χ2n) is 5.07. The van der Waals surface area contributed by atoms with Gasteiger partial charge in [0, 0.05) is 24.7 Å². The molecule has 1 unspecified atom stereocenters. The van der Waals surface area contributed by atoms with Crippen molar-refractivity contribution in [2.75, 3.05) is 13.6 Å². The zero-order chi connectivity index (χ0) is 15.4. The smallest absolute Gasteiger partial charge is 0.254 e. The van der Waals surface area contributed by atoms with E-state index in [2.05, 4.69) is 5.32 Å². The van der Waals surface area contributed by atoms with Crippen LogP contribution >= 0.6 is 12.2 Å². The molecule has 1 aliphatic rings. The van der Waals surface area contributed by atoms with Gasteiger partial charge >= 0.3 is 0 Å². The number of likely N-dealkylation sites (N-methyl/N-ethyl adjacent to an activating group) is 1. The van der Waals surface area contributed by atoms with Crippen LogP contribution in [0.3, 0.4) is 0 Å². The maximum atomic E-state index is 12.7. The van der Waals surface area contributed by atoms with E-state index >= 15 is 0 Å². The highest BCUT2D eigenvalue weighted by Gasteiger charge is 2.32. The Morgan fingerprint density at radius 2 is 2.05 bits per heavy atom. The fraction of sp³-hybridized carbons (Fsp3) is 0.400. The van der Waals surface area contributed by atoms with Gasteiger partial charge < -0.3 is 16.0 Å². The van der Waals surface area contributed by atoms with Gasteiger partial charge in [0.15, 0.2) is 0 Å². The molecule has 112 valence electrons. The number of carbonyl (C=O) groups is 2. The van der Waals surface area contributed by atoms with Gasteiger partial charge in [-0.3, -0.25) is 9.59 Å². The number of thiocarbonyl (C=S) groups is 1. The van der Waals surface area contributed by atoms with E-state index in [0.717, 1.165) is 12.8 Å². The Bertz CT molecular complexity index is 574. The number of nitrogens with one attached hydrogen (secondary N) is 1. The van der Waals surface area contributed by atoms with Crippen LogP contribution in [-0.4, -0.2) is 41.3 Å². The van der Waals surface area contributed by atoms with Gasteiger partial charge in [-0.05, 0) is 31.4 Å². The van der Waals surface area contributed by atoms with Crippen molar-refractivity contribution >= 4 is 29.0 Å². The minimum absolute atomic E-state index is 0.117. The predicted molar refractivity (Wildman–Crippen MR) is 85.1 cm³/mol. The molecule has 1 heterocycles. The van der Waals surface area contributed by atoms with Crippen molar-refractivity contribution in [1.82, 2.24) is 10.2 Å². The van der Waals surface area contributed by atoms with E-state index < -0.39 is 6.04 Å². The Hall–Kier alpha value is -1.95. The molecule has 0 aliphatic carbocycles. The summed E-state index contributed by atoms with van der Waals surface area (Å²) >= 11 is 4.94. The zero-order valence-corrected chi connectivity index (χ0v) is 12.8. The van der Waals surface area contributed by atoms with Crippen molar-refractivity contribution < 1.29 is 9.59 Å². The van der Waals surface area contributed by atoms with E-state index in [4.69, 9.17) is 18.0 Å². The Balaban J connectivity index is 2.26. The van der Waals surface area contributed by atoms with Gasteiger partial charge in [0.25, 0.3) is 5.91 Å². The lowest BCUT2D eigenvalue weighted by Gasteiger charge is -2.34. The molecule has 1 saturated heterocycles. The summed E-state index contributed by atoms with van der Waals surface area (Å²) < 4.78 is 0. The summed E-state index contributed by atoms with van der Waals surface area (Å²) in [5.41, 5.74) is 6.77. The van der Waals surface area contributed by atoms with Crippen molar-refractivity contribution in [3.8, 4) is 0 Å². The number of amides is 2. The molecule has 2 amide bonds. The van der Waals surface area contributed by atoms with Gasteiger partial charge in [-0.15, -0.1) is 0 Å². The topological polar surface area (TPSA) is 75.4 Å². The molecule has 0 aromatic heterocycles. The number of benzene rings is 1. The molecular formula is C15H19N3O2S. The maximum absolute atomic E-state index is 12.7. The largest absolute Gasteiger partial charge is 0.389 e. The van der Waals surface area contributed by atoms with Gasteiger partial charge in [0.1, 0.15) is 11.0 Å². The lowest BCUT2D eigenvalue weighted by atomic mass is 9.99. The third-order valence-corrected chi connectivity index (χ3v) is 3.94. The minimum Gasteiger partial charge on any atom is -0.389 e. The van der Waals surface area contributed by atoms with Crippen molar-refractivity contribution in [1.29, 1.82) is 0 Å². The third kappa shape index (κ3) is 3.39. The first-order chi connectivity index (χ1) is 10.0. The summed E-state index contributed by atoms with van der Waals surface area (Å²) in [5, 5.41) is 2.63. The van der Waals surface area contributed by atoms with E-state index in [-0.39, 0.29) is 16.8 Å². The number of likely N-dealkylation sites (tertiary alicyclic amines) is 1. The fourth-order valence-electron chi connectivity index (χ4n) is 2.59. The van der Waals surface area contributed by atoms with Crippen LogP contribution in [0.4, 0.5) is 0 Å². The molecule has 5 nitrogen and oxygen atoms in total.